The van der Waals surface area contributed by atoms with Crippen LogP contribution in [0, 0.1) is 4.77 Å². The summed E-state index contributed by atoms with van der Waals surface area (Å²) < 4.78 is 31.6. The smallest absolute Gasteiger partial charge is 0.252 e. The van der Waals surface area contributed by atoms with E-state index in [0.29, 0.717) is 37.1 Å². The topological polar surface area (TPSA) is 50.5 Å². The summed E-state index contributed by atoms with van der Waals surface area (Å²) in [5.74, 6) is 0. The summed E-state index contributed by atoms with van der Waals surface area (Å²) in [5, 5.41) is 1.79. The zero-order valence-corrected chi connectivity index (χ0v) is 14.7. The lowest BCUT2D eigenvalue weighted by molar-refractivity contribution is 0.151. The summed E-state index contributed by atoms with van der Waals surface area (Å²) in [6, 6.07) is 3.43. The Morgan fingerprint density at radius 1 is 1.23 bits per heavy atom. The Kier molecular flexibility index (Phi) is 4.51. The van der Waals surface area contributed by atoms with Gasteiger partial charge in [-0.3, -0.25) is 4.90 Å². The van der Waals surface area contributed by atoms with Crippen LogP contribution in [0.4, 0.5) is 0 Å². The van der Waals surface area contributed by atoms with Gasteiger partial charge in [0, 0.05) is 45.6 Å². The van der Waals surface area contributed by atoms with Crippen molar-refractivity contribution in [1.29, 1.82) is 0 Å². The second-order valence-electron chi connectivity index (χ2n) is 5.26. The van der Waals surface area contributed by atoms with Gasteiger partial charge in [0.15, 0.2) is 4.77 Å². The molecule has 1 saturated heterocycles. The third-order valence-electron chi connectivity index (χ3n) is 3.79. The van der Waals surface area contributed by atoms with Crippen molar-refractivity contribution in [3.63, 3.8) is 0 Å². The maximum Gasteiger partial charge on any atom is 0.252 e. The molecule has 0 saturated carbocycles. The van der Waals surface area contributed by atoms with Gasteiger partial charge >= 0.3 is 0 Å². The van der Waals surface area contributed by atoms with Gasteiger partial charge in [0.25, 0.3) is 10.0 Å². The van der Waals surface area contributed by atoms with Gasteiger partial charge in [-0.2, -0.15) is 4.31 Å². The van der Waals surface area contributed by atoms with Crippen molar-refractivity contribution in [2.24, 2.45) is 7.05 Å². The maximum atomic E-state index is 12.5. The normalized spacial score (nSPS) is 17.9. The maximum absolute atomic E-state index is 12.5. The molecule has 2 aromatic heterocycles. The average Bonchev–Trinajstić information content (AvgIpc) is 3.14. The molecule has 0 N–H and O–H groups in total. The minimum Gasteiger partial charge on any atom is -0.327 e. The lowest BCUT2D eigenvalue weighted by atomic mass is 10.4. The second kappa shape index (κ2) is 6.25. The van der Waals surface area contributed by atoms with E-state index in [2.05, 4.69) is 4.90 Å². The lowest BCUT2D eigenvalue weighted by Gasteiger charge is -2.33. The van der Waals surface area contributed by atoms with Crippen LogP contribution >= 0.6 is 23.6 Å². The summed E-state index contributed by atoms with van der Waals surface area (Å²) in [6.45, 7) is 3.15. The molecular formula is C13H18N4O2S3. The van der Waals surface area contributed by atoms with Crippen LogP contribution in [0.5, 0.6) is 0 Å². The van der Waals surface area contributed by atoms with Crippen LogP contribution in [0.2, 0.25) is 0 Å². The second-order valence-corrected chi connectivity index (χ2v) is 8.73. The number of hydrogen-bond donors (Lipinski definition) is 0. The summed E-state index contributed by atoms with van der Waals surface area (Å²) >= 11 is 6.59. The molecule has 0 radical (unpaired) electrons. The molecule has 0 aliphatic carbocycles. The van der Waals surface area contributed by atoms with Crippen molar-refractivity contribution in [2.45, 2.75) is 10.9 Å². The van der Waals surface area contributed by atoms with Crippen LogP contribution in [-0.4, -0.2) is 52.9 Å². The molecule has 2 aromatic rings. The van der Waals surface area contributed by atoms with Crippen LogP contribution in [0.25, 0.3) is 0 Å². The van der Waals surface area contributed by atoms with Gasteiger partial charge in [-0.15, -0.1) is 11.3 Å². The van der Waals surface area contributed by atoms with E-state index in [9.17, 15) is 8.42 Å². The molecule has 3 heterocycles. The van der Waals surface area contributed by atoms with Crippen molar-refractivity contribution >= 4 is 33.6 Å². The van der Waals surface area contributed by atoms with Crippen molar-refractivity contribution in [2.75, 3.05) is 26.2 Å². The minimum atomic E-state index is -3.33. The van der Waals surface area contributed by atoms with Gasteiger partial charge in [0.2, 0.25) is 0 Å². The molecule has 0 aromatic carbocycles. The third kappa shape index (κ3) is 3.04. The molecule has 120 valence electrons. The highest BCUT2D eigenvalue weighted by atomic mass is 32.2. The van der Waals surface area contributed by atoms with Crippen LogP contribution in [-0.2, 0) is 23.7 Å². The summed E-state index contributed by atoms with van der Waals surface area (Å²) in [6.07, 6.45) is 3.89. The molecule has 9 heteroatoms. The van der Waals surface area contributed by atoms with Gasteiger partial charge in [0.1, 0.15) is 4.21 Å². The van der Waals surface area contributed by atoms with Gasteiger partial charge in [-0.1, -0.05) is 6.07 Å². The van der Waals surface area contributed by atoms with Crippen molar-refractivity contribution in [3.05, 3.63) is 34.7 Å². The standard InChI is InChI=1S/C13H18N4O2S3/c1-14-4-7-16(13(14)20)11-15-5-8-17(9-6-15)22(18,19)12-3-2-10-21-12/h2-4,7,10H,5-6,8-9,11H2,1H3. The van der Waals surface area contributed by atoms with Gasteiger partial charge in [-0.25, -0.2) is 8.42 Å². The first kappa shape index (κ1) is 15.9. The minimum absolute atomic E-state index is 0.422. The first-order chi connectivity index (χ1) is 10.5. The highest BCUT2D eigenvalue weighted by Crippen LogP contribution is 2.22. The lowest BCUT2D eigenvalue weighted by Crippen LogP contribution is -2.48. The van der Waals surface area contributed by atoms with Crippen LogP contribution in [0.15, 0.2) is 34.1 Å². The summed E-state index contributed by atoms with van der Waals surface area (Å²) in [4.78, 5) is 2.22. The average molecular weight is 359 g/mol. The molecule has 6 nitrogen and oxygen atoms in total. The molecule has 3 rings (SSSR count). The van der Waals surface area contributed by atoms with E-state index in [0.717, 1.165) is 4.77 Å². The highest BCUT2D eigenvalue weighted by molar-refractivity contribution is 7.91. The predicted molar refractivity (Wildman–Crippen MR) is 88.9 cm³/mol. The van der Waals surface area contributed by atoms with E-state index in [-0.39, 0.29) is 0 Å². The first-order valence-corrected chi connectivity index (χ1v) is 9.69. The van der Waals surface area contributed by atoms with E-state index >= 15 is 0 Å². The number of nitrogens with zero attached hydrogens (tertiary/aromatic N) is 4. The molecule has 1 fully saturated rings. The van der Waals surface area contributed by atoms with E-state index in [4.69, 9.17) is 12.2 Å². The Hall–Kier alpha value is -1.00. The third-order valence-corrected chi connectivity index (χ3v) is 7.58. The Morgan fingerprint density at radius 3 is 2.50 bits per heavy atom. The van der Waals surface area contributed by atoms with Crippen LogP contribution in [0.3, 0.4) is 0 Å². The van der Waals surface area contributed by atoms with Crippen molar-refractivity contribution in [3.8, 4) is 0 Å². The Bertz CT molecular complexity index is 784. The Morgan fingerprint density at radius 2 is 1.95 bits per heavy atom. The fourth-order valence-electron chi connectivity index (χ4n) is 2.48. The molecule has 1 aliphatic rings. The SMILES string of the molecule is Cn1ccn(CN2CCN(S(=O)(=O)c3cccs3)CC2)c1=S. The Balaban J connectivity index is 1.63. The number of imidazole rings is 1. The fraction of sp³-hybridized carbons (Fsp3) is 0.462. The van der Waals surface area contributed by atoms with E-state index in [1.807, 2.05) is 28.6 Å². The van der Waals surface area contributed by atoms with Crippen molar-refractivity contribution in [1.82, 2.24) is 18.3 Å². The van der Waals surface area contributed by atoms with Gasteiger partial charge in [-0.05, 0) is 23.7 Å². The number of hydrogen-bond acceptors (Lipinski definition) is 5. The number of rotatable bonds is 4. The van der Waals surface area contributed by atoms with E-state index in [1.54, 1.807) is 21.8 Å². The van der Waals surface area contributed by atoms with Crippen LogP contribution in [0.1, 0.15) is 0 Å². The predicted octanol–water partition coefficient (Wildman–Crippen LogP) is 1.58. The molecule has 0 unspecified atom stereocenters. The van der Waals surface area contributed by atoms with Gasteiger partial charge in [0.05, 0.1) is 6.67 Å². The van der Waals surface area contributed by atoms with Crippen molar-refractivity contribution < 1.29 is 8.42 Å². The molecule has 0 atom stereocenters. The van der Waals surface area contributed by atoms with Crippen LogP contribution < -0.4 is 0 Å². The Labute approximate surface area is 139 Å². The fourth-order valence-corrected chi connectivity index (χ4v) is 5.23. The zero-order chi connectivity index (χ0) is 15.7. The molecule has 0 amide bonds. The number of thiophene rings is 1. The monoisotopic (exact) mass is 358 g/mol. The summed E-state index contributed by atoms with van der Waals surface area (Å²) in [5.41, 5.74) is 0. The first-order valence-electron chi connectivity index (χ1n) is 6.96. The van der Waals surface area contributed by atoms with Gasteiger partial charge < -0.3 is 9.13 Å². The quantitative estimate of drug-likeness (QED) is 0.779. The highest BCUT2D eigenvalue weighted by Gasteiger charge is 2.29. The number of aryl methyl sites for hydroxylation is 1. The largest absolute Gasteiger partial charge is 0.327 e. The molecule has 0 bridgehead atoms. The number of aromatic nitrogens is 2. The summed E-state index contributed by atoms with van der Waals surface area (Å²) in [7, 11) is -1.40. The van der Waals surface area contributed by atoms with E-state index in [1.165, 1.54) is 11.3 Å². The molecule has 22 heavy (non-hydrogen) atoms. The number of sulfonamides is 1. The zero-order valence-electron chi connectivity index (χ0n) is 12.3. The van der Waals surface area contributed by atoms with E-state index < -0.39 is 10.0 Å². The number of piperazine rings is 1. The molecular weight excluding hydrogens is 340 g/mol. The molecule has 1 aliphatic heterocycles. The molecule has 0 spiro atoms.